The van der Waals surface area contributed by atoms with E-state index in [4.69, 9.17) is 11.6 Å². The Bertz CT molecular complexity index is 566. The first-order valence-electron chi connectivity index (χ1n) is 6.53. The summed E-state index contributed by atoms with van der Waals surface area (Å²) in [5, 5.41) is 3.85. The van der Waals surface area contributed by atoms with Crippen LogP contribution >= 0.6 is 11.6 Å². The molecule has 0 spiro atoms. The molecular formula is C16H16ClF2N. The van der Waals surface area contributed by atoms with E-state index in [1.165, 1.54) is 18.2 Å². The second-order valence-electron chi connectivity index (χ2n) is 4.57. The molecule has 0 aliphatic heterocycles. The zero-order chi connectivity index (χ0) is 14.5. The lowest BCUT2D eigenvalue weighted by Crippen LogP contribution is -2.23. The first-order valence-corrected chi connectivity index (χ1v) is 6.91. The molecule has 2 aromatic rings. The van der Waals surface area contributed by atoms with Crippen LogP contribution in [-0.4, -0.2) is 6.54 Å². The number of nitrogens with one attached hydrogen (secondary N) is 1. The molecule has 0 aromatic heterocycles. The van der Waals surface area contributed by atoms with Gasteiger partial charge in [0.2, 0.25) is 0 Å². The number of likely N-dealkylation sites (N-methyl/N-ethyl adjacent to an activating group) is 1. The molecule has 106 valence electrons. The second-order valence-corrected chi connectivity index (χ2v) is 5.01. The van der Waals surface area contributed by atoms with Gasteiger partial charge >= 0.3 is 0 Å². The number of hydrogen-bond acceptors (Lipinski definition) is 1. The van der Waals surface area contributed by atoms with Crippen LogP contribution < -0.4 is 5.32 Å². The van der Waals surface area contributed by atoms with Gasteiger partial charge in [-0.3, -0.25) is 0 Å². The van der Waals surface area contributed by atoms with Gasteiger partial charge in [0, 0.05) is 16.6 Å². The van der Waals surface area contributed by atoms with E-state index in [0.29, 0.717) is 11.6 Å². The van der Waals surface area contributed by atoms with Crippen molar-refractivity contribution in [1.82, 2.24) is 5.32 Å². The molecular weight excluding hydrogens is 280 g/mol. The Morgan fingerprint density at radius 3 is 2.35 bits per heavy atom. The summed E-state index contributed by atoms with van der Waals surface area (Å²) < 4.78 is 27.5. The Hall–Kier alpha value is -1.45. The zero-order valence-corrected chi connectivity index (χ0v) is 11.9. The minimum atomic E-state index is -0.519. The monoisotopic (exact) mass is 295 g/mol. The van der Waals surface area contributed by atoms with Gasteiger partial charge < -0.3 is 5.32 Å². The Morgan fingerprint density at radius 2 is 1.75 bits per heavy atom. The first kappa shape index (κ1) is 14.9. The van der Waals surface area contributed by atoms with Crippen LogP contribution in [0.5, 0.6) is 0 Å². The van der Waals surface area contributed by atoms with Crippen molar-refractivity contribution < 1.29 is 8.78 Å². The molecule has 0 fully saturated rings. The van der Waals surface area contributed by atoms with Crippen molar-refractivity contribution >= 4 is 11.6 Å². The van der Waals surface area contributed by atoms with Crippen LogP contribution in [0.2, 0.25) is 5.02 Å². The Morgan fingerprint density at radius 1 is 1.10 bits per heavy atom. The van der Waals surface area contributed by atoms with Gasteiger partial charge in [0.25, 0.3) is 0 Å². The van der Waals surface area contributed by atoms with E-state index >= 15 is 0 Å². The summed E-state index contributed by atoms with van der Waals surface area (Å²) in [6.45, 7) is 2.66. The van der Waals surface area contributed by atoms with Gasteiger partial charge in [-0.05, 0) is 42.8 Å². The van der Waals surface area contributed by atoms with Gasteiger partial charge in [0.1, 0.15) is 11.6 Å². The molecule has 2 aromatic carbocycles. The van der Waals surface area contributed by atoms with Crippen molar-refractivity contribution in [3.05, 3.63) is 70.2 Å². The molecule has 0 amide bonds. The highest BCUT2D eigenvalue weighted by atomic mass is 35.5. The van der Waals surface area contributed by atoms with Crippen LogP contribution in [0.1, 0.15) is 24.1 Å². The third kappa shape index (κ3) is 3.56. The smallest absolute Gasteiger partial charge is 0.129 e. The lowest BCUT2D eigenvalue weighted by Gasteiger charge is -2.19. The van der Waals surface area contributed by atoms with E-state index < -0.39 is 11.6 Å². The fourth-order valence-corrected chi connectivity index (χ4v) is 2.41. The van der Waals surface area contributed by atoms with E-state index in [1.54, 1.807) is 6.07 Å². The summed E-state index contributed by atoms with van der Waals surface area (Å²) in [6, 6.07) is 11.1. The third-order valence-electron chi connectivity index (χ3n) is 3.17. The van der Waals surface area contributed by atoms with E-state index in [-0.39, 0.29) is 18.0 Å². The van der Waals surface area contributed by atoms with E-state index in [2.05, 4.69) is 5.32 Å². The van der Waals surface area contributed by atoms with Gasteiger partial charge in [0.05, 0.1) is 0 Å². The molecule has 2 rings (SSSR count). The minimum absolute atomic E-state index is 0.0958. The van der Waals surface area contributed by atoms with Gasteiger partial charge in [-0.15, -0.1) is 0 Å². The lowest BCUT2D eigenvalue weighted by molar-refractivity contribution is 0.499. The second kappa shape index (κ2) is 6.82. The molecule has 0 heterocycles. The predicted octanol–water partition coefficient (Wildman–Crippen LogP) is 4.51. The Labute approximate surface area is 122 Å². The van der Waals surface area contributed by atoms with Crippen molar-refractivity contribution in [3.63, 3.8) is 0 Å². The zero-order valence-electron chi connectivity index (χ0n) is 11.2. The maximum atomic E-state index is 13.8. The molecule has 1 N–H and O–H groups in total. The molecule has 0 saturated carbocycles. The van der Waals surface area contributed by atoms with Crippen LogP contribution in [0.4, 0.5) is 8.78 Å². The molecule has 1 unspecified atom stereocenters. The molecule has 0 aliphatic rings. The molecule has 1 atom stereocenters. The predicted molar refractivity (Wildman–Crippen MR) is 77.9 cm³/mol. The summed E-state index contributed by atoms with van der Waals surface area (Å²) in [5.74, 6) is -1.04. The first-order chi connectivity index (χ1) is 9.61. The minimum Gasteiger partial charge on any atom is -0.310 e. The van der Waals surface area contributed by atoms with Crippen LogP contribution in [0.25, 0.3) is 0 Å². The fraction of sp³-hybridized carbons (Fsp3) is 0.250. The molecule has 0 saturated heterocycles. The summed E-state index contributed by atoms with van der Waals surface area (Å²) in [7, 11) is 0. The average molecular weight is 296 g/mol. The number of rotatable bonds is 5. The number of hydrogen-bond donors (Lipinski definition) is 1. The average Bonchev–Trinajstić information content (AvgIpc) is 2.42. The van der Waals surface area contributed by atoms with Crippen molar-refractivity contribution in [2.24, 2.45) is 0 Å². The highest BCUT2D eigenvalue weighted by Crippen LogP contribution is 2.24. The van der Waals surface area contributed by atoms with E-state index in [0.717, 1.165) is 5.56 Å². The molecule has 0 aliphatic carbocycles. The SMILES string of the molecule is CCNC(Cc1c(F)cccc1F)c1cccc(Cl)c1. The maximum Gasteiger partial charge on any atom is 0.129 e. The quantitative estimate of drug-likeness (QED) is 0.855. The van der Waals surface area contributed by atoms with E-state index in [1.807, 2.05) is 25.1 Å². The molecule has 20 heavy (non-hydrogen) atoms. The highest BCUT2D eigenvalue weighted by molar-refractivity contribution is 6.30. The lowest BCUT2D eigenvalue weighted by atomic mass is 9.98. The fourth-order valence-electron chi connectivity index (χ4n) is 2.21. The van der Waals surface area contributed by atoms with Crippen LogP contribution in [0, 0.1) is 11.6 Å². The standard InChI is InChI=1S/C16H16ClF2N/c1-2-20-16(11-5-3-6-12(17)9-11)10-13-14(18)7-4-8-15(13)19/h3-9,16,20H,2,10H2,1H3. The largest absolute Gasteiger partial charge is 0.310 e. The van der Waals surface area contributed by atoms with Crippen molar-refractivity contribution in [2.45, 2.75) is 19.4 Å². The van der Waals surface area contributed by atoms with E-state index in [9.17, 15) is 8.78 Å². The highest BCUT2D eigenvalue weighted by Gasteiger charge is 2.17. The van der Waals surface area contributed by atoms with Gasteiger partial charge in [-0.25, -0.2) is 8.78 Å². The van der Waals surface area contributed by atoms with Gasteiger partial charge in [-0.1, -0.05) is 36.7 Å². The summed E-state index contributed by atoms with van der Waals surface area (Å²) in [6.07, 6.45) is 0.243. The molecule has 0 bridgehead atoms. The van der Waals surface area contributed by atoms with Crippen LogP contribution in [0.15, 0.2) is 42.5 Å². The molecule has 1 nitrogen and oxygen atoms in total. The summed E-state index contributed by atoms with van der Waals surface area (Å²) in [5.41, 5.74) is 1.01. The maximum absolute atomic E-state index is 13.8. The number of halogens is 3. The van der Waals surface area contributed by atoms with Crippen LogP contribution in [0.3, 0.4) is 0 Å². The summed E-state index contributed by atoms with van der Waals surface area (Å²) >= 11 is 5.98. The number of benzene rings is 2. The third-order valence-corrected chi connectivity index (χ3v) is 3.41. The van der Waals surface area contributed by atoms with Crippen molar-refractivity contribution in [1.29, 1.82) is 0 Å². The van der Waals surface area contributed by atoms with Gasteiger partial charge in [-0.2, -0.15) is 0 Å². The van der Waals surface area contributed by atoms with Gasteiger partial charge in [0.15, 0.2) is 0 Å². The summed E-state index contributed by atoms with van der Waals surface area (Å²) in [4.78, 5) is 0. The topological polar surface area (TPSA) is 12.0 Å². The van der Waals surface area contributed by atoms with Crippen molar-refractivity contribution in [2.75, 3.05) is 6.54 Å². The Balaban J connectivity index is 2.30. The van der Waals surface area contributed by atoms with Crippen LogP contribution in [-0.2, 0) is 6.42 Å². The van der Waals surface area contributed by atoms with Crippen molar-refractivity contribution in [3.8, 4) is 0 Å². The Kier molecular flexibility index (Phi) is 5.10. The normalized spacial score (nSPS) is 12.4. The molecule has 4 heteroatoms. The molecule has 0 radical (unpaired) electrons.